The van der Waals surface area contributed by atoms with Gasteiger partial charge in [-0.25, -0.2) is 14.4 Å². The molecule has 2 heterocycles. The molecular formula is C11H7FN4. The summed E-state index contributed by atoms with van der Waals surface area (Å²) in [6, 6.07) is 4.79. The third-order valence-corrected chi connectivity index (χ3v) is 2.01. The number of rotatable bonds is 1. The Kier molecular flexibility index (Phi) is 2.56. The smallest absolute Gasteiger partial charge is 0.159 e. The number of aryl methyl sites for hydroxylation is 1. The highest BCUT2D eigenvalue weighted by Gasteiger charge is 2.07. The van der Waals surface area contributed by atoms with Crippen molar-refractivity contribution in [1.82, 2.24) is 15.0 Å². The molecule has 0 aliphatic carbocycles. The molecule has 16 heavy (non-hydrogen) atoms. The van der Waals surface area contributed by atoms with Crippen LogP contribution in [-0.4, -0.2) is 15.0 Å². The lowest BCUT2D eigenvalue weighted by molar-refractivity contribution is 0.618. The molecule has 0 unspecified atom stereocenters. The normalized spacial score (nSPS) is 9.81. The number of pyridine rings is 1. The standard InChI is InChI=1S/C11H7FN4/c1-7-14-3-2-10(16-7)11-4-8(5-13)9(12)6-15-11/h2-4,6H,1H3. The van der Waals surface area contributed by atoms with Crippen molar-refractivity contribution in [2.75, 3.05) is 0 Å². The summed E-state index contributed by atoms with van der Waals surface area (Å²) in [4.78, 5) is 12.0. The van der Waals surface area contributed by atoms with Gasteiger partial charge in [-0.1, -0.05) is 0 Å². The summed E-state index contributed by atoms with van der Waals surface area (Å²) in [6.07, 6.45) is 2.61. The Morgan fingerprint density at radius 1 is 1.31 bits per heavy atom. The van der Waals surface area contributed by atoms with Crippen LogP contribution in [0.5, 0.6) is 0 Å². The molecule has 2 rings (SSSR count). The summed E-state index contributed by atoms with van der Waals surface area (Å²) in [5.74, 6) is -0.0286. The van der Waals surface area contributed by atoms with Gasteiger partial charge in [0.15, 0.2) is 5.82 Å². The Hall–Kier alpha value is -2.35. The van der Waals surface area contributed by atoms with Crippen molar-refractivity contribution in [1.29, 1.82) is 5.26 Å². The van der Waals surface area contributed by atoms with Crippen LogP contribution in [0.25, 0.3) is 11.4 Å². The van der Waals surface area contributed by atoms with E-state index in [0.717, 1.165) is 6.20 Å². The number of aromatic nitrogens is 3. The summed E-state index contributed by atoms with van der Waals surface area (Å²) in [5, 5.41) is 8.69. The second-order valence-corrected chi connectivity index (χ2v) is 3.15. The predicted octanol–water partition coefficient (Wildman–Crippen LogP) is 1.86. The van der Waals surface area contributed by atoms with E-state index >= 15 is 0 Å². The van der Waals surface area contributed by atoms with Crippen LogP contribution < -0.4 is 0 Å². The highest BCUT2D eigenvalue weighted by Crippen LogP contribution is 2.16. The summed E-state index contributed by atoms with van der Waals surface area (Å²) in [6.45, 7) is 1.75. The van der Waals surface area contributed by atoms with Gasteiger partial charge >= 0.3 is 0 Å². The molecular weight excluding hydrogens is 207 g/mol. The number of hydrogen-bond acceptors (Lipinski definition) is 4. The first-order chi connectivity index (χ1) is 7.70. The minimum atomic E-state index is -0.628. The first-order valence-electron chi connectivity index (χ1n) is 4.56. The third kappa shape index (κ3) is 1.86. The largest absolute Gasteiger partial charge is 0.251 e. The minimum Gasteiger partial charge on any atom is -0.251 e. The van der Waals surface area contributed by atoms with E-state index in [1.807, 2.05) is 0 Å². The predicted molar refractivity (Wildman–Crippen MR) is 54.7 cm³/mol. The van der Waals surface area contributed by atoms with E-state index in [1.54, 1.807) is 25.3 Å². The van der Waals surface area contributed by atoms with E-state index in [-0.39, 0.29) is 5.56 Å². The Labute approximate surface area is 91.4 Å². The lowest BCUT2D eigenvalue weighted by Crippen LogP contribution is -1.94. The van der Waals surface area contributed by atoms with E-state index in [9.17, 15) is 4.39 Å². The Morgan fingerprint density at radius 2 is 2.12 bits per heavy atom. The molecule has 2 aromatic heterocycles. The molecule has 0 saturated heterocycles. The fraction of sp³-hybridized carbons (Fsp3) is 0.0909. The SMILES string of the molecule is Cc1nccc(-c2cc(C#N)c(F)cn2)n1. The number of hydrogen-bond donors (Lipinski definition) is 0. The van der Waals surface area contributed by atoms with Gasteiger partial charge in [-0.05, 0) is 19.1 Å². The van der Waals surface area contributed by atoms with Crippen molar-refractivity contribution in [3.8, 4) is 17.5 Å². The van der Waals surface area contributed by atoms with Crippen LogP contribution in [0.3, 0.4) is 0 Å². The summed E-state index contributed by atoms with van der Waals surface area (Å²) in [5.41, 5.74) is 0.994. The Morgan fingerprint density at radius 3 is 2.81 bits per heavy atom. The van der Waals surface area contributed by atoms with Gasteiger partial charge in [-0.3, -0.25) is 4.98 Å². The van der Waals surface area contributed by atoms with Gasteiger partial charge in [0.25, 0.3) is 0 Å². The maximum Gasteiger partial charge on any atom is 0.159 e. The zero-order chi connectivity index (χ0) is 11.5. The third-order valence-electron chi connectivity index (χ3n) is 2.01. The Balaban J connectivity index is 2.54. The molecule has 5 heteroatoms. The zero-order valence-corrected chi connectivity index (χ0v) is 8.48. The maximum atomic E-state index is 13.0. The van der Waals surface area contributed by atoms with E-state index in [0.29, 0.717) is 17.2 Å². The molecule has 78 valence electrons. The summed E-state index contributed by atoms with van der Waals surface area (Å²) in [7, 11) is 0. The molecule has 4 nitrogen and oxygen atoms in total. The average molecular weight is 214 g/mol. The number of nitriles is 1. The topological polar surface area (TPSA) is 62.5 Å². The fourth-order valence-corrected chi connectivity index (χ4v) is 1.26. The van der Waals surface area contributed by atoms with E-state index in [4.69, 9.17) is 5.26 Å². The van der Waals surface area contributed by atoms with Crippen molar-refractivity contribution in [3.05, 3.63) is 41.7 Å². The molecule has 0 aliphatic rings. The number of halogens is 1. The second kappa shape index (κ2) is 4.03. The van der Waals surface area contributed by atoms with E-state index in [1.165, 1.54) is 6.07 Å². The average Bonchev–Trinajstić information content (AvgIpc) is 2.29. The molecule has 0 N–H and O–H groups in total. The minimum absolute atomic E-state index is 0.0405. The molecule has 0 amide bonds. The van der Waals surface area contributed by atoms with Crippen LogP contribution >= 0.6 is 0 Å². The molecule has 0 atom stereocenters. The van der Waals surface area contributed by atoms with Crippen LogP contribution in [0.15, 0.2) is 24.5 Å². The molecule has 0 aromatic carbocycles. The van der Waals surface area contributed by atoms with Gasteiger partial charge in [0.2, 0.25) is 0 Å². The van der Waals surface area contributed by atoms with Gasteiger partial charge in [0.1, 0.15) is 11.9 Å². The van der Waals surface area contributed by atoms with Gasteiger partial charge in [-0.2, -0.15) is 5.26 Å². The zero-order valence-electron chi connectivity index (χ0n) is 8.48. The molecule has 0 radical (unpaired) electrons. The summed E-state index contributed by atoms with van der Waals surface area (Å²) >= 11 is 0. The molecule has 2 aromatic rings. The highest BCUT2D eigenvalue weighted by atomic mass is 19.1. The fourth-order valence-electron chi connectivity index (χ4n) is 1.26. The van der Waals surface area contributed by atoms with Crippen LogP contribution in [0.1, 0.15) is 11.4 Å². The van der Waals surface area contributed by atoms with Gasteiger partial charge in [0, 0.05) is 6.20 Å². The summed E-state index contributed by atoms with van der Waals surface area (Å²) < 4.78 is 13.0. The molecule has 0 saturated carbocycles. The van der Waals surface area contributed by atoms with Crippen LogP contribution in [0.4, 0.5) is 4.39 Å². The number of nitrogens with zero attached hydrogens (tertiary/aromatic N) is 4. The van der Waals surface area contributed by atoms with Crippen molar-refractivity contribution in [3.63, 3.8) is 0 Å². The van der Waals surface area contributed by atoms with Crippen LogP contribution in [0, 0.1) is 24.1 Å². The Bertz CT molecular complexity index is 574. The molecule has 0 aliphatic heterocycles. The first kappa shape index (κ1) is 10.2. The maximum absolute atomic E-state index is 13.0. The van der Waals surface area contributed by atoms with Crippen LogP contribution in [-0.2, 0) is 0 Å². The van der Waals surface area contributed by atoms with Crippen LogP contribution in [0.2, 0.25) is 0 Å². The van der Waals surface area contributed by atoms with Gasteiger partial charge in [0.05, 0.1) is 23.1 Å². The van der Waals surface area contributed by atoms with Crippen molar-refractivity contribution < 1.29 is 4.39 Å². The lowest BCUT2D eigenvalue weighted by Gasteiger charge is -2.01. The molecule has 0 spiro atoms. The van der Waals surface area contributed by atoms with E-state index < -0.39 is 5.82 Å². The quantitative estimate of drug-likeness (QED) is 0.726. The monoisotopic (exact) mass is 214 g/mol. The van der Waals surface area contributed by atoms with E-state index in [2.05, 4.69) is 15.0 Å². The van der Waals surface area contributed by atoms with Crippen molar-refractivity contribution in [2.24, 2.45) is 0 Å². The first-order valence-corrected chi connectivity index (χ1v) is 4.56. The highest BCUT2D eigenvalue weighted by molar-refractivity contribution is 5.56. The van der Waals surface area contributed by atoms with Crippen molar-refractivity contribution in [2.45, 2.75) is 6.92 Å². The lowest BCUT2D eigenvalue weighted by atomic mass is 10.2. The second-order valence-electron chi connectivity index (χ2n) is 3.15. The van der Waals surface area contributed by atoms with Gasteiger partial charge in [-0.15, -0.1) is 0 Å². The van der Waals surface area contributed by atoms with Gasteiger partial charge < -0.3 is 0 Å². The molecule has 0 bridgehead atoms. The molecule has 0 fully saturated rings. The van der Waals surface area contributed by atoms with Crippen molar-refractivity contribution >= 4 is 0 Å².